The van der Waals surface area contributed by atoms with Gasteiger partial charge in [-0.2, -0.15) is 4.31 Å². The Hall–Kier alpha value is -1.93. The molecule has 7 heteroatoms. The molecule has 1 aliphatic rings. The van der Waals surface area contributed by atoms with E-state index in [1.54, 1.807) is 31.4 Å². The van der Waals surface area contributed by atoms with E-state index in [9.17, 15) is 8.42 Å². The van der Waals surface area contributed by atoms with Gasteiger partial charge in [0, 0.05) is 32.2 Å². The molecule has 140 valence electrons. The quantitative estimate of drug-likeness (QED) is 0.746. The lowest BCUT2D eigenvalue weighted by Gasteiger charge is -2.19. The fraction of sp³-hybridized carbons (Fsp3) is 0.368. The zero-order chi connectivity index (χ0) is 18.6. The smallest absolute Gasteiger partial charge is 0.246 e. The second-order valence-electron chi connectivity index (χ2n) is 6.29. The minimum atomic E-state index is -3.69. The Morgan fingerprint density at radius 2 is 1.73 bits per heavy atom. The lowest BCUT2D eigenvalue weighted by molar-refractivity contribution is 0.144. The first-order chi connectivity index (χ1) is 12.5. The second-order valence-corrected chi connectivity index (χ2v) is 8.20. The summed E-state index contributed by atoms with van der Waals surface area (Å²) in [5.74, 6) is 0.314. The van der Waals surface area contributed by atoms with Gasteiger partial charge in [-0.1, -0.05) is 42.5 Å². The van der Waals surface area contributed by atoms with Crippen molar-refractivity contribution in [1.29, 1.82) is 0 Å². The predicted molar refractivity (Wildman–Crippen MR) is 99.7 cm³/mol. The molecule has 0 saturated carbocycles. The van der Waals surface area contributed by atoms with Gasteiger partial charge in [0.05, 0.1) is 6.61 Å². The number of hydrogen-bond donors (Lipinski definition) is 1. The summed E-state index contributed by atoms with van der Waals surface area (Å²) in [7, 11) is -2.12. The average Bonchev–Trinajstić information content (AvgIpc) is 3.05. The highest BCUT2D eigenvalue weighted by atomic mass is 32.2. The van der Waals surface area contributed by atoms with Crippen LogP contribution in [-0.4, -0.2) is 52.2 Å². The van der Waals surface area contributed by atoms with Crippen LogP contribution in [0.1, 0.15) is 11.5 Å². The summed E-state index contributed by atoms with van der Waals surface area (Å²) in [6.07, 6.45) is 0. The molecule has 1 heterocycles. The van der Waals surface area contributed by atoms with E-state index in [0.29, 0.717) is 18.9 Å². The molecule has 3 rings (SSSR count). The summed E-state index contributed by atoms with van der Waals surface area (Å²) < 4.78 is 38.4. The third kappa shape index (κ3) is 3.91. The minimum Gasteiger partial charge on any atom is -0.490 e. The van der Waals surface area contributed by atoms with Crippen molar-refractivity contribution in [3.05, 3.63) is 60.2 Å². The maximum absolute atomic E-state index is 13.2. The van der Waals surface area contributed by atoms with Gasteiger partial charge in [0.15, 0.2) is 0 Å². The molecule has 2 aromatic carbocycles. The van der Waals surface area contributed by atoms with Crippen molar-refractivity contribution in [2.24, 2.45) is 5.73 Å². The number of nitrogens with two attached hydrogens (primary N) is 1. The van der Waals surface area contributed by atoms with Crippen molar-refractivity contribution in [2.75, 3.05) is 33.4 Å². The van der Waals surface area contributed by atoms with Crippen LogP contribution in [0, 0.1) is 0 Å². The summed E-state index contributed by atoms with van der Waals surface area (Å²) in [6, 6.07) is 16.2. The van der Waals surface area contributed by atoms with Crippen LogP contribution in [-0.2, 0) is 14.8 Å². The van der Waals surface area contributed by atoms with Gasteiger partial charge >= 0.3 is 0 Å². The molecule has 2 aromatic rings. The lowest BCUT2D eigenvalue weighted by Crippen LogP contribution is -2.32. The third-order valence-electron chi connectivity index (χ3n) is 4.57. The van der Waals surface area contributed by atoms with E-state index in [-0.39, 0.29) is 30.0 Å². The van der Waals surface area contributed by atoms with Crippen LogP contribution in [0.25, 0.3) is 0 Å². The minimum absolute atomic E-state index is 0.0208. The molecule has 0 radical (unpaired) electrons. The Morgan fingerprint density at radius 1 is 1.04 bits per heavy atom. The molecule has 1 aliphatic heterocycles. The Morgan fingerprint density at radius 3 is 2.46 bits per heavy atom. The summed E-state index contributed by atoms with van der Waals surface area (Å²) in [4.78, 5) is 0.164. The maximum Gasteiger partial charge on any atom is 0.246 e. The monoisotopic (exact) mass is 376 g/mol. The number of ether oxygens (including phenoxy) is 2. The standard InChI is InChI=1S/C19H24N2O4S/c1-24-11-12-25-18-9-5-6-10-19(18)26(22,23)21-13-16(17(20)14-21)15-7-3-2-4-8-15/h2-10,16-17H,11-14,20H2,1H3/t16-,17+/m0/s1. The van der Waals surface area contributed by atoms with Gasteiger partial charge in [-0.05, 0) is 17.7 Å². The third-order valence-corrected chi connectivity index (χ3v) is 6.44. The van der Waals surface area contributed by atoms with Crippen LogP contribution in [0.2, 0.25) is 0 Å². The molecule has 2 atom stereocenters. The lowest BCUT2D eigenvalue weighted by atomic mass is 9.95. The van der Waals surface area contributed by atoms with Gasteiger partial charge in [-0.3, -0.25) is 0 Å². The zero-order valence-corrected chi connectivity index (χ0v) is 15.6. The molecule has 0 aromatic heterocycles. The molecule has 0 amide bonds. The molecule has 6 nitrogen and oxygen atoms in total. The van der Waals surface area contributed by atoms with Crippen LogP contribution >= 0.6 is 0 Å². The number of para-hydroxylation sites is 1. The zero-order valence-electron chi connectivity index (χ0n) is 14.7. The Kier molecular flexibility index (Phi) is 5.93. The predicted octanol–water partition coefficient (Wildman–Crippen LogP) is 1.83. The van der Waals surface area contributed by atoms with Crippen molar-refractivity contribution in [3.63, 3.8) is 0 Å². The van der Waals surface area contributed by atoms with Crippen LogP contribution < -0.4 is 10.5 Å². The molecular formula is C19H24N2O4S. The van der Waals surface area contributed by atoms with Gasteiger partial charge in [-0.25, -0.2) is 8.42 Å². The Bertz CT molecular complexity index is 826. The van der Waals surface area contributed by atoms with Crippen molar-refractivity contribution in [2.45, 2.75) is 16.9 Å². The molecule has 1 fully saturated rings. The number of rotatable bonds is 7. The number of sulfonamides is 1. The first kappa shape index (κ1) is 18.8. The highest BCUT2D eigenvalue weighted by Crippen LogP contribution is 2.33. The summed E-state index contributed by atoms with van der Waals surface area (Å²) in [6.45, 7) is 1.32. The fourth-order valence-electron chi connectivity index (χ4n) is 3.20. The molecule has 0 bridgehead atoms. The number of benzene rings is 2. The van der Waals surface area contributed by atoms with Gasteiger partial charge in [-0.15, -0.1) is 0 Å². The molecule has 0 aliphatic carbocycles. The highest BCUT2D eigenvalue weighted by Gasteiger charge is 2.39. The Balaban J connectivity index is 1.83. The summed E-state index contributed by atoms with van der Waals surface area (Å²) in [5.41, 5.74) is 7.32. The van der Waals surface area contributed by atoms with Gasteiger partial charge in [0.2, 0.25) is 10.0 Å². The number of hydrogen-bond acceptors (Lipinski definition) is 5. The van der Waals surface area contributed by atoms with E-state index in [0.717, 1.165) is 5.56 Å². The Labute approximate surface area is 154 Å². The average molecular weight is 376 g/mol. The normalized spacial score (nSPS) is 21.0. The van der Waals surface area contributed by atoms with Crippen LogP contribution in [0.15, 0.2) is 59.5 Å². The maximum atomic E-state index is 13.2. The van der Waals surface area contributed by atoms with E-state index >= 15 is 0 Å². The van der Waals surface area contributed by atoms with Crippen molar-refractivity contribution < 1.29 is 17.9 Å². The van der Waals surface area contributed by atoms with Gasteiger partial charge in [0.25, 0.3) is 0 Å². The summed E-state index contributed by atoms with van der Waals surface area (Å²) in [5, 5.41) is 0. The van der Waals surface area contributed by atoms with Gasteiger partial charge < -0.3 is 15.2 Å². The van der Waals surface area contributed by atoms with Crippen LogP contribution in [0.3, 0.4) is 0 Å². The first-order valence-electron chi connectivity index (χ1n) is 8.55. The van der Waals surface area contributed by atoms with E-state index in [2.05, 4.69) is 0 Å². The largest absolute Gasteiger partial charge is 0.490 e. The summed E-state index contributed by atoms with van der Waals surface area (Å²) >= 11 is 0. The van der Waals surface area contributed by atoms with Crippen LogP contribution in [0.5, 0.6) is 5.75 Å². The van der Waals surface area contributed by atoms with Crippen molar-refractivity contribution in [3.8, 4) is 5.75 Å². The molecule has 26 heavy (non-hydrogen) atoms. The number of methoxy groups -OCH3 is 1. The van der Waals surface area contributed by atoms with E-state index in [4.69, 9.17) is 15.2 Å². The molecule has 1 saturated heterocycles. The SMILES string of the molecule is COCCOc1ccccc1S(=O)(=O)N1C[C@@H](N)[C@H](c2ccccc2)C1. The topological polar surface area (TPSA) is 81.9 Å². The number of nitrogens with zero attached hydrogens (tertiary/aromatic N) is 1. The van der Waals surface area contributed by atoms with Crippen molar-refractivity contribution in [1.82, 2.24) is 4.31 Å². The van der Waals surface area contributed by atoms with E-state index < -0.39 is 10.0 Å². The van der Waals surface area contributed by atoms with E-state index in [1.807, 2.05) is 30.3 Å². The van der Waals surface area contributed by atoms with Crippen molar-refractivity contribution >= 4 is 10.0 Å². The van der Waals surface area contributed by atoms with Gasteiger partial charge in [0.1, 0.15) is 17.3 Å². The highest BCUT2D eigenvalue weighted by molar-refractivity contribution is 7.89. The first-order valence-corrected chi connectivity index (χ1v) is 9.99. The molecule has 2 N–H and O–H groups in total. The molecule has 0 unspecified atom stereocenters. The molecular weight excluding hydrogens is 352 g/mol. The fourth-order valence-corrected chi connectivity index (χ4v) is 4.83. The molecule has 0 spiro atoms. The van der Waals surface area contributed by atoms with E-state index in [1.165, 1.54) is 4.31 Å². The van der Waals surface area contributed by atoms with Crippen LogP contribution in [0.4, 0.5) is 0 Å². The second kappa shape index (κ2) is 8.18.